The molecule has 8 heteroatoms. The van der Waals surface area contributed by atoms with E-state index in [9.17, 15) is 19.5 Å². The van der Waals surface area contributed by atoms with E-state index in [-0.39, 0.29) is 22.8 Å². The van der Waals surface area contributed by atoms with Gasteiger partial charge >= 0.3 is 6.09 Å². The van der Waals surface area contributed by atoms with Crippen molar-refractivity contribution in [2.24, 2.45) is 0 Å². The van der Waals surface area contributed by atoms with E-state index in [2.05, 4.69) is 4.98 Å². The summed E-state index contributed by atoms with van der Waals surface area (Å²) in [5, 5.41) is 10.7. The molecule has 0 spiro atoms. The largest absolute Gasteiger partial charge is 0.464 e. The first-order valence-corrected chi connectivity index (χ1v) is 5.95. The topological polar surface area (TPSA) is 102 Å². The zero-order valence-electron chi connectivity index (χ0n) is 11.7. The summed E-state index contributed by atoms with van der Waals surface area (Å²) < 4.78 is 0.736. The fourth-order valence-corrected chi connectivity index (χ4v) is 1.87. The molecule has 0 aliphatic carbocycles. The van der Waals surface area contributed by atoms with Crippen molar-refractivity contribution in [2.75, 3.05) is 14.2 Å². The van der Waals surface area contributed by atoms with Gasteiger partial charge < -0.3 is 5.11 Å². The normalized spacial score (nSPS) is 10.6. The van der Waals surface area contributed by atoms with Gasteiger partial charge in [0, 0.05) is 19.4 Å². The van der Waals surface area contributed by atoms with Crippen LogP contribution in [0, 0.1) is 0 Å². The molecular weight excluding hydrogens is 278 g/mol. The number of carboxylic acid groups (broad SMARTS) is 1. The molecule has 1 amide bonds. The van der Waals surface area contributed by atoms with Crippen LogP contribution in [0.2, 0.25) is 0 Å². The van der Waals surface area contributed by atoms with Crippen LogP contribution in [-0.4, -0.2) is 51.7 Å². The van der Waals surface area contributed by atoms with Crippen molar-refractivity contribution in [3.05, 3.63) is 29.6 Å². The molecule has 0 fully saturated rings. The average molecular weight is 291 g/mol. The molecule has 0 atom stereocenters. The van der Waals surface area contributed by atoms with Gasteiger partial charge in [-0.15, -0.1) is 0 Å². The maximum Gasteiger partial charge on any atom is 0.417 e. The summed E-state index contributed by atoms with van der Waals surface area (Å²) in [6, 6.07) is 4.41. The highest BCUT2D eigenvalue weighted by atomic mass is 16.7. The summed E-state index contributed by atoms with van der Waals surface area (Å²) in [6.07, 6.45) is -1.37. The lowest BCUT2D eigenvalue weighted by Gasteiger charge is -2.13. The average Bonchev–Trinajstić information content (AvgIpc) is 2.83. The molecule has 110 valence electrons. The van der Waals surface area contributed by atoms with Crippen LogP contribution in [0.4, 0.5) is 4.79 Å². The van der Waals surface area contributed by atoms with E-state index in [1.165, 1.54) is 33.2 Å². The van der Waals surface area contributed by atoms with Crippen LogP contribution in [0.3, 0.4) is 0 Å². The van der Waals surface area contributed by atoms with Gasteiger partial charge in [0.25, 0.3) is 5.91 Å². The molecule has 0 aliphatic rings. The molecule has 0 bridgehead atoms. The van der Waals surface area contributed by atoms with Crippen molar-refractivity contribution in [1.29, 1.82) is 0 Å². The molecule has 0 aromatic carbocycles. The number of pyridine rings is 1. The molecule has 2 aromatic heterocycles. The summed E-state index contributed by atoms with van der Waals surface area (Å²) in [5.41, 5.74) is 0.0419. The van der Waals surface area contributed by atoms with E-state index < -0.39 is 12.0 Å². The van der Waals surface area contributed by atoms with E-state index in [0.29, 0.717) is 5.39 Å². The Balaban J connectivity index is 2.72. The number of ketones is 1. The van der Waals surface area contributed by atoms with Crippen LogP contribution >= 0.6 is 0 Å². The van der Waals surface area contributed by atoms with Gasteiger partial charge in [0.15, 0.2) is 11.4 Å². The summed E-state index contributed by atoms with van der Waals surface area (Å²) in [5.74, 6) is -0.931. The van der Waals surface area contributed by atoms with Gasteiger partial charge in [-0.05, 0) is 18.2 Å². The Morgan fingerprint density at radius 2 is 2.00 bits per heavy atom. The summed E-state index contributed by atoms with van der Waals surface area (Å²) in [4.78, 5) is 43.6. The zero-order chi connectivity index (χ0) is 15.7. The van der Waals surface area contributed by atoms with E-state index in [4.69, 9.17) is 4.84 Å². The SMILES string of the molecule is CON(C)C(=O)c1cc2ccc(C(C)=O)nc2n1C(=O)O. The minimum absolute atomic E-state index is 0.0306. The second-order valence-electron chi connectivity index (χ2n) is 4.30. The number of fused-ring (bicyclic) bond motifs is 1. The number of nitrogens with zero attached hydrogens (tertiary/aromatic N) is 3. The zero-order valence-corrected chi connectivity index (χ0v) is 11.7. The van der Waals surface area contributed by atoms with Crippen LogP contribution in [0.5, 0.6) is 0 Å². The van der Waals surface area contributed by atoms with Crippen molar-refractivity contribution in [1.82, 2.24) is 14.6 Å². The molecule has 0 radical (unpaired) electrons. The predicted molar refractivity (Wildman–Crippen MR) is 72.3 cm³/mol. The Morgan fingerprint density at radius 1 is 1.33 bits per heavy atom. The third-order valence-electron chi connectivity index (χ3n) is 2.98. The van der Waals surface area contributed by atoms with Crippen LogP contribution in [0.25, 0.3) is 11.0 Å². The lowest BCUT2D eigenvalue weighted by Crippen LogP contribution is -2.29. The van der Waals surface area contributed by atoms with E-state index >= 15 is 0 Å². The smallest absolute Gasteiger partial charge is 0.417 e. The van der Waals surface area contributed by atoms with Crippen LogP contribution < -0.4 is 0 Å². The first-order valence-electron chi connectivity index (χ1n) is 5.95. The molecule has 1 N–H and O–H groups in total. The maximum absolute atomic E-state index is 12.1. The molecule has 8 nitrogen and oxygen atoms in total. The van der Waals surface area contributed by atoms with Crippen molar-refractivity contribution in [3.63, 3.8) is 0 Å². The molecule has 0 saturated heterocycles. The van der Waals surface area contributed by atoms with E-state index in [1.807, 2.05) is 0 Å². The third kappa shape index (κ3) is 2.48. The predicted octanol–water partition coefficient (Wildman–Crippen LogP) is 1.40. The number of Topliss-reactive ketones (excluding diaryl/α,β-unsaturated/α-hetero) is 1. The number of rotatable bonds is 3. The molecule has 0 aliphatic heterocycles. The van der Waals surface area contributed by atoms with Gasteiger partial charge in [-0.1, -0.05) is 0 Å². The van der Waals surface area contributed by atoms with Crippen LogP contribution in [0.1, 0.15) is 27.9 Å². The number of hydrogen-bond donors (Lipinski definition) is 1. The van der Waals surface area contributed by atoms with Crippen molar-refractivity contribution in [2.45, 2.75) is 6.92 Å². The van der Waals surface area contributed by atoms with E-state index in [0.717, 1.165) is 9.63 Å². The first-order chi connectivity index (χ1) is 9.86. The highest BCUT2D eigenvalue weighted by Gasteiger charge is 2.24. The van der Waals surface area contributed by atoms with E-state index in [1.54, 1.807) is 6.07 Å². The summed E-state index contributed by atoms with van der Waals surface area (Å²) >= 11 is 0. The van der Waals surface area contributed by atoms with Crippen molar-refractivity contribution >= 4 is 28.8 Å². The molecule has 2 rings (SSSR count). The van der Waals surface area contributed by atoms with Crippen LogP contribution in [0.15, 0.2) is 18.2 Å². The van der Waals surface area contributed by atoms with Crippen molar-refractivity contribution in [3.8, 4) is 0 Å². The van der Waals surface area contributed by atoms with Crippen molar-refractivity contribution < 1.29 is 24.3 Å². The number of carbonyl (C=O) groups is 3. The fourth-order valence-electron chi connectivity index (χ4n) is 1.87. The molecule has 0 unspecified atom stereocenters. The minimum Gasteiger partial charge on any atom is -0.464 e. The lowest BCUT2D eigenvalue weighted by atomic mass is 10.2. The van der Waals surface area contributed by atoms with Gasteiger partial charge in [0.1, 0.15) is 11.4 Å². The second kappa shape index (κ2) is 5.33. The van der Waals surface area contributed by atoms with Crippen LogP contribution in [-0.2, 0) is 4.84 Å². The molecular formula is C13H13N3O5. The number of amides is 1. The van der Waals surface area contributed by atoms with Gasteiger partial charge in [0.2, 0.25) is 0 Å². The minimum atomic E-state index is -1.37. The fraction of sp³-hybridized carbons (Fsp3) is 0.231. The first kappa shape index (κ1) is 14.7. The second-order valence-corrected chi connectivity index (χ2v) is 4.30. The van der Waals surface area contributed by atoms with Gasteiger partial charge in [-0.2, -0.15) is 0 Å². The van der Waals surface area contributed by atoms with Gasteiger partial charge in [-0.25, -0.2) is 19.4 Å². The Hall–Kier alpha value is -2.74. The number of hydroxylamine groups is 2. The Kier molecular flexibility index (Phi) is 3.72. The monoisotopic (exact) mass is 291 g/mol. The Bertz CT molecular complexity index is 750. The highest BCUT2D eigenvalue weighted by molar-refractivity contribution is 6.03. The Labute approximate surface area is 119 Å². The maximum atomic E-state index is 12.1. The molecule has 2 aromatic rings. The standard InChI is InChI=1S/C13H13N3O5/c1-7(17)9-5-4-8-6-10(12(18)15(2)21-3)16(13(19)20)11(8)14-9/h4-6H,1-3H3,(H,19,20). The number of carbonyl (C=O) groups excluding carboxylic acids is 2. The Morgan fingerprint density at radius 3 is 2.52 bits per heavy atom. The van der Waals surface area contributed by atoms with Gasteiger partial charge in [0.05, 0.1) is 7.11 Å². The highest BCUT2D eigenvalue weighted by Crippen LogP contribution is 2.20. The number of hydrogen-bond acceptors (Lipinski definition) is 5. The molecule has 0 saturated carbocycles. The quantitative estimate of drug-likeness (QED) is 0.677. The summed E-state index contributed by atoms with van der Waals surface area (Å²) in [6.45, 7) is 1.33. The third-order valence-corrected chi connectivity index (χ3v) is 2.98. The van der Waals surface area contributed by atoms with Gasteiger partial charge in [-0.3, -0.25) is 14.4 Å². The molecule has 2 heterocycles. The number of aromatic nitrogens is 2. The molecule has 21 heavy (non-hydrogen) atoms. The summed E-state index contributed by atoms with van der Waals surface area (Å²) in [7, 11) is 2.65. The lowest BCUT2D eigenvalue weighted by molar-refractivity contribution is -0.0761.